The lowest BCUT2D eigenvalue weighted by atomic mass is 9.92. The first kappa shape index (κ1) is 29.0. The number of thiophene rings is 1. The maximum Gasteiger partial charge on any atom is 0.338 e. The zero-order valence-corrected chi connectivity index (χ0v) is 23.4. The summed E-state index contributed by atoms with van der Waals surface area (Å²) in [6, 6.07) is 11.9. The number of carbonyl (C=O) groups excluding carboxylic acids is 2. The van der Waals surface area contributed by atoms with E-state index >= 15 is 0 Å². The molecule has 3 N–H and O–H groups in total. The molecular weight excluding hydrogens is 567 g/mol. The molecule has 0 saturated carbocycles. The molecule has 2 amide bonds. The average Bonchev–Trinajstić information content (AvgIpc) is 3.57. The highest BCUT2D eigenvalue weighted by Gasteiger charge is 2.38. The molecule has 11 heteroatoms. The van der Waals surface area contributed by atoms with E-state index in [-0.39, 0.29) is 52.0 Å². The van der Waals surface area contributed by atoms with Gasteiger partial charge in [-0.25, -0.2) is 18.0 Å². The van der Waals surface area contributed by atoms with Gasteiger partial charge in [-0.3, -0.25) is 14.6 Å². The summed E-state index contributed by atoms with van der Waals surface area (Å²) in [7, 11) is 0. The van der Waals surface area contributed by atoms with Crippen molar-refractivity contribution in [3.8, 4) is 10.4 Å². The van der Waals surface area contributed by atoms with Crippen LogP contribution in [-0.4, -0.2) is 27.9 Å². The van der Waals surface area contributed by atoms with Crippen molar-refractivity contribution in [3.63, 3.8) is 0 Å². The van der Waals surface area contributed by atoms with Crippen LogP contribution in [0.25, 0.3) is 10.4 Å². The van der Waals surface area contributed by atoms with E-state index in [2.05, 4.69) is 10.6 Å². The monoisotopic (exact) mass is 593 g/mol. The number of pyridine rings is 1. The van der Waals surface area contributed by atoms with E-state index in [0.717, 1.165) is 29.0 Å². The second kappa shape index (κ2) is 11.8. The van der Waals surface area contributed by atoms with Crippen molar-refractivity contribution in [2.24, 2.45) is 5.92 Å². The fourth-order valence-electron chi connectivity index (χ4n) is 4.96. The number of carboxylic acid groups (broad SMARTS) is 1. The first-order valence-electron chi connectivity index (χ1n) is 13.2. The van der Waals surface area contributed by atoms with Crippen LogP contribution < -0.4 is 10.6 Å². The summed E-state index contributed by atoms with van der Waals surface area (Å²) in [6.07, 6.45) is 0.612. The Hall–Kier alpha value is -4.51. The van der Waals surface area contributed by atoms with E-state index in [4.69, 9.17) is 4.98 Å². The van der Waals surface area contributed by atoms with Gasteiger partial charge in [0.2, 0.25) is 0 Å². The molecule has 0 fully saturated rings. The number of halogens is 3. The first-order valence-corrected chi connectivity index (χ1v) is 14.0. The van der Waals surface area contributed by atoms with Gasteiger partial charge in [0, 0.05) is 17.0 Å². The highest BCUT2D eigenvalue weighted by atomic mass is 32.1. The van der Waals surface area contributed by atoms with Crippen LogP contribution in [0.5, 0.6) is 0 Å². The van der Waals surface area contributed by atoms with Crippen LogP contribution in [0.3, 0.4) is 0 Å². The van der Waals surface area contributed by atoms with Gasteiger partial charge in [0.1, 0.15) is 5.82 Å². The summed E-state index contributed by atoms with van der Waals surface area (Å²) in [4.78, 5) is 44.2. The van der Waals surface area contributed by atoms with Crippen LogP contribution >= 0.6 is 11.3 Å². The lowest BCUT2D eigenvalue weighted by molar-refractivity contribution is 0.0695. The number of carbonyl (C=O) groups is 3. The van der Waals surface area contributed by atoms with Crippen LogP contribution in [0, 0.1) is 23.4 Å². The Balaban J connectivity index is 1.53. The van der Waals surface area contributed by atoms with Gasteiger partial charge >= 0.3 is 5.97 Å². The van der Waals surface area contributed by atoms with Gasteiger partial charge in [-0.05, 0) is 66.3 Å². The first-order chi connectivity index (χ1) is 20.0. The highest BCUT2D eigenvalue weighted by molar-refractivity contribution is 7.17. The fourth-order valence-corrected chi connectivity index (χ4v) is 5.94. The van der Waals surface area contributed by atoms with E-state index in [1.807, 2.05) is 13.8 Å². The summed E-state index contributed by atoms with van der Waals surface area (Å²) in [5, 5.41) is 15.9. The molecule has 216 valence electrons. The van der Waals surface area contributed by atoms with Gasteiger partial charge in [0.15, 0.2) is 11.6 Å². The van der Waals surface area contributed by atoms with E-state index in [0.29, 0.717) is 22.6 Å². The van der Waals surface area contributed by atoms with Gasteiger partial charge in [-0.15, -0.1) is 11.3 Å². The summed E-state index contributed by atoms with van der Waals surface area (Å²) in [5.74, 6) is -4.65. The zero-order valence-electron chi connectivity index (χ0n) is 22.6. The number of aromatic carboxylic acids is 1. The molecule has 0 saturated heterocycles. The highest BCUT2D eigenvalue weighted by Crippen LogP contribution is 2.41. The summed E-state index contributed by atoms with van der Waals surface area (Å²) < 4.78 is 40.2. The lowest BCUT2D eigenvalue weighted by Gasteiger charge is -2.18. The molecule has 4 aromatic rings. The third kappa shape index (κ3) is 5.78. The standard InChI is InChI=1S/C31H26F3N3O4S/c1-15(2)27-28-26(30(39)37-27)25(24(31(40)41)21(36-28)10-6-16-3-7-18(32)8-4-16)22-11-12-23(42-22)29(38)35-14-17-5-9-19(33)20(34)13-17/h3-5,7-9,11-13,15,27H,6,10,14H2,1-2H3,(H,35,38)(H,37,39)(H,40,41)/t27-/m0/s1. The van der Waals surface area contributed by atoms with E-state index in [9.17, 15) is 32.7 Å². The van der Waals surface area contributed by atoms with E-state index < -0.39 is 35.5 Å². The van der Waals surface area contributed by atoms with Gasteiger partial charge in [-0.1, -0.05) is 32.0 Å². The number of benzene rings is 2. The van der Waals surface area contributed by atoms with Gasteiger partial charge in [-0.2, -0.15) is 0 Å². The van der Waals surface area contributed by atoms with Crippen molar-refractivity contribution in [2.45, 2.75) is 39.3 Å². The van der Waals surface area contributed by atoms with E-state index in [1.165, 1.54) is 24.3 Å². The maximum absolute atomic E-state index is 13.6. The predicted octanol–water partition coefficient (Wildman–Crippen LogP) is 6.08. The van der Waals surface area contributed by atoms with Crippen LogP contribution in [-0.2, 0) is 19.4 Å². The van der Waals surface area contributed by atoms with E-state index in [1.54, 1.807) is 18.2 Å². The number of hydrogen-bond donors (Lipinski definition) is 3. The number of nitrogens with one attached hydrogen (secondary N) is 2. The summed E-state index contributed by atoms with van der Waals surface area (Å²) in [6.45, 7) is 3.79. The molecule has 0 radical (unpaired) electrons. The minimum absolute atomic E-state index is 0.0304. The SMILES string of the molecule is CC(C)[C@@H]1NC(=O)c2c1nc(CCc1ccc(F)cc1)c(C(=O)O)c2-c1ccc(C(=O)NCc2ccc(F)c(F)c2)s1. The van der Waals surface area contributed by atoms with Crippen molar-refractivity contribution in [3.05, 3.63) is 111 Å². The molecule has 1 atom stereocenters. The molecule has 0 unspecified atom stereocenters. The Morgan fingerprint density at radius 3 is 2.36 bits per heavy atom. The molecule has 2 aromatic carbocycles. The third-order valence-electron chi connectivity index (χ3n) is 7.07. The van der Waals surface area contributed by atoms with Crippen molar-refractivity contribution in [1.29, 1.82) is 0 Å². The molecule has 2 aromatic heterocycles. The number of fused-ring (bicyclic) bond motifs is 1. The zero-order chi connectivity index (χ0) is 30.1. The minimum Gasteiger partial charge on any atom is -0.478 e. The van der Waals surface area contributed by atoms with Crippen molar-refractivity contribution >= 4 is 29.1 Å². The molecular formula is C31H26F3N3O4S. The van der Waals surface area contributed by atoms with Crippen molar-refractivity contribution < 1.29 is 32.7 Å². The number of aryl methyl sites for hydroxylation is 2. The van der Waals surface area contributed by atoms with Crippen molar-refractivity contribution in [2.75, 3.05) is 0 Å². The summed E-state index contributed by atoms with van der Waals surface area (Å²) >= 11 is 1.01. The van der Waals surface area contributed by atoms with Gasteiger partial charge < -0.3 is 15.7 Å². The molecule has 3 heterocycles. The van der Waals surface area contributed by atoms with Crippen LogP contribution in [0.2, 0.25) is 0 Å². The molecule has 1 aliphatic heterocycles. The number of hydrogen-bond acceptors (Lipinski definition) is 5. The Bertz CT molecular complexity index is 1700. The Labute approximate surface area is 243 Å². The molecule has 0 spiro atoms. The Morgan fingerprint density at radius 1 is 0.976 bits per heavy atom. The Morgan fingerprint density at radius 2 is 1.69 bits per heavy atom. The normalized spacial score (nSPS) is 14.1. The number of carboxylic acids is 1. The molecule has 5 rings (SSSR count). The average molecular weight is 594 g/mol. The predicted molar refractivity (Wildman–Crippen MR) is 151 cm³/mol. The number of rotatable bonds is 9. The topological polar surface area (TPSA) is 108 Å². The van der Waals surface area contributed by atoms with Crippen LogP contribution in [0.4, 0.5) is 13.2 Å². The molecule has 0 bridgehead atoms. The molecule has 0 aliphatic carbocycles. The van der Waals surface area contributed by atoms with Gasteiger partial charge in [0.25, 0.3) is 11.8 Å². The minimum atomic E-state index is -1.27. The fraction of sp³-hybridized carbons (Fsp3) is 0.226. The smallest absolute Gasteiger partial charge is 0.338 e. The molecule has 1 aliphatic rings. The largest absolute Gasteiger partial charge is 0.478 e. The molecule has 7 nitrogen and oxygen atoms in total. The van der Waals surface area contributed by atoms with Crippen molar-refractivity contribution in [1.82, 2.24) is 15.6 Å². The third-order valence-corrected chi connectivity index (χ3v) is 8.17. The maximum atomic E-state index is 13.6. The quantitative estimate of drug-likeness (QED) is 0.218. The van der Waals surface area contributed by atoms with Gasteiger partial charge in [0.05, 0.1) is 33.4 Å². The number of nitrogens with zero attached hydrogens (tertiary/aromatic N) is 1. The summed E-state index contributed by atoms with van der Waals surface area (Å²) in [5.41, 5.74) is 2.09. The molecule has 42 heavy (non-hydrogen) atoms. The number of amides is 2. The van der Waals surface area contributed by atoms with Crippen LogP contribution in [0.15, 0.2) is 54.6 Å². The second-order valence-electron chi connectivity index (χ2n) is 10.3. The lowest BCUT2D eigenvalue weighted by Crippen LogP contribution is -2.23. The second-order valence-corrected chi connectivity index (χ2v) is 11.4. The Kier molecular flexibility index (Phi) is 8.13. The number of aromatic nitrogens is 1. The van der Waals surface area contributed by atoms with Crippen LogP contribution in [0.1, 0.15) is 72.8 Å².